The molecule has 1 saturated heterocycles. The maximum absolute atomic E-state index is 11.3. The molecule has 1 atom stereocenters. The van der Waals surface area contributed by atoms with Crippen LogP contribution in [-0.2, 0) is 23.7 Å². The lowest BCUT2D eigenvalue weighted by atomic mass is 10.4. The molecule has 1 rings (SSSR count). The van der Waals surface area contributed by atoms with Crippen molar-refractivity contribution in [1.29, 1.82) is 0 Å². The van der Waals surface area contributed by atoms with Crippen LogP contribution < -0.4 is 5.32 Å². The van der Waals surface area contributed by atoms with E-state index in [1.54, 1.807) is 13.8 Å². The fraction of sp³-hybridized carbons (Fsp3) is 0.667. The van der Waals surface area contributed by atoms with Crippen molar-refractivity contribution in [3.63, 3.8) is 0 Å². The summed E-state index contributed by atoms with van der Waals surface area (Å²) in [5.74, 6) is -1.17. The molecule has 1 aliphatic rings. The average molecular weight is 273 g/mol. The zero-order valence-electron chi connectivity index (χ0n) is 11.1. The summed E-state index contributed by atoms with van der Waals surface area (Å²) in [5, 5.41) is 2.44. The van der Waals surface area contributed by atoms with E-state index in [-0.39, 0.29) is 25.9 Å². The van der Waals surface area contributed by atoms with Crippen LogP contribution in [0.3, 0.4) is 0 Å². The van der Waals surface area contributed by atoms with Crippen LogP contribution in [-0.4, -0.2) is 50.3 Å². The third-order valence-corrected chi connectivity index (χ3v) is 2.25. The molecule has 1 amide bonds. The van der Waals surface area contributed by atoms with E-state index in [1.807, 2.05) is 0 Å². The third kappa shape index (κ3) is 6.21. The second kappa shape index (κ2) is 7.10. The number of esters is 1. The Morgan fingerprint density at radius 2 is 2.21 bits per heavy atom. The Morgan fingerprint density at radius 1 is 1.47 bits per heavy atom. The number of carbonyl (C=O) groups is 2. The lowest BCUT2D eigenvalue weighted by Gasteiger charge is -2.17. The van der Waals surface area contributed by atoms with E-state index in [0.29, 0.717) is 6.61 Å². The molecular weight excluding hydrogens is 254 g/mol. The molecule has 1 unspecified atom stereocenters. The van der Waals surface area contributed by atoms with Gasteiger partial charge in [0.15, 0.2) is 5.79 Å². The number of amides is 1. The van der Waals surface area contributed by atoms with E-state index in [2.05, 4.69) is 16.6 Å². The monoisotopic (exact) mass is 273 g/mol. The van der Waals surface area contributed by atoms with Crippen molar-refractivity contribution >= 4 is 12.1 Å². The van der Waals surface area contributed by atoms with Crippen LogP contribution >= 0.6 is 0 Å². The number of alkyl carbamates (subject to hydrolysis) is 1. The molecule has 1 fully saturated rings. The van der Waals surface area contributed by atoms with Gasteiger partial charge in [-0.15, -0.1) is 0 Å². The summed E-state index contributed by atoms with van der Waals surface area (Å²) in [6.45, 7) is 7.57. The number of nitrogens with one attached hydrogen (secondary N) is 1. The molecule has 108 valence electrons. The van der Waals surface area contributed by atoms with Crippen molar-refractivity contribution in [3.05, 3.63) is 12.7 Å². The molecular formula is C12H19NO6. The van der Waals surface area contributed by atoms with Crippen molar-refractivity contribution in [1.82, 2.24) is 5.32 Å². The molecule has 1 aliphatic heterocycles. The highest BCUT2D eigenvalue weighted by Gasteiger charge is 2.33. The number of carbonyl (C=O) groups excluding carboxylic acids is 2. The molecule has 0 radical (unpaired) electrons. The van der Waals surface area contributed by atoms with E-state index >= 15 is 0 Å². The quantitative estimate of drug-likeness (QED) is 0.433. The minimum absolute atomic E-state index is 0.0655. The molecule has 0 bridgehead atoms. The van der Waals surface area contributed by atoms with Gasteiger partial charge in [-0.05, 0) is 13.8 Å². The second-order valence-electron chi connectivity index (χ2n) is 4.35. The molecule has 0 aliphatic carbocycles. The van der Waals surface area contributed by atoms with Gasteiger partial charge in [-0.1, -0.05) is 6.58 Å². The first-order chi connectivity index (χ1) is 8.93. The summed E-state index contributed by atoms with van der Waals surface area (Å²) in [4.78, 5) is 22.0. The maximum atomic E-state index is 11.3. The number of hydrogen-bond donors (Lipinski definition) is 1. The van der Waals surface area contributed by atoms with E-state index in [0.717, 1.165) is 6.08 Å². The van der Waals surface area contributed by atoms with E-state index in [1.165, 1.54) is 0 Å². The Kier molecular flexibility index (Phi) is 5.78. The number of ether oxygens (including phenoxy) is 4. The minimum Gasteiger partial charge on any atom is -0.461 e. The van der Waals surface area contributed by atoms with Gasteiger partial charge in [-0.25, -0.2) is 9.59 Å². The molecule has 0 aromatic rings. The van der Waals surface area contributed by atoms with Crippen LogP contribution in [0.15, 0.2) is 12.7 Å². The first-order valence-corrected chi connectivity index (χ1v) is 5.94. The molecule has 0 aromatic carbocycles. The van der Waals surface area contributed by atoms with Gasteiger partial charge >= 0.3 is 12.1 Å². The molecule has 7 nitrogen and oxygen atoms in total. The summed E-state index contributed by atoms with van der Waals surface area (Å²) < 4.78 is 20.4. The molecule has 0 aromatic heterocycles. The van der Waals surface area contributed by atoms with Gasteiger partial charge in [-0.2, -0.15) is 0 Å². The fourth-order valence-electron chi connectivity index (χ4n) is 1.43. The van der Waals surface area contributed by atoms with E-state index in [9.17, 15) is 9.59 Å². The fourth-order valence-corrected chi connectivity index (χ4v) is 1.43. The van der Waals surface area contributed by atoms with Crippen LogP contribution in [0.5, 0.6) is 0 Å². The average Bonchev–Trinajstić information content (AvgIpc) is 2.71. The van der Waals surface area contributed by atoms with Gasteiger partial charge in [0.2, 0.25) is 0 Å². The molecule has 1 N–H and O–H groups in total. The highest BCUT2D eigenvalue weighted by molar-refractivity contribution is 5.81. The van der Waals surface area contributed by atoms with Gasteiger partial charge in [0.25, 0.3) is 0 Å². The Morgan fingerprint density at radius 3 is 2.79 bits per heavy atom. The Balaban J connectivity index is 2.05. The number of rotatable bonds is 6. The molecule has 7 heteroatoms. The highest BCUT2D eigenvalue weighted by Crippen LogP contribution is 2.22. The van der Waals surface area contributed by atoms with Gasteiger partial charge in [0.1, 0.15) is 19.3 Å². The van der Waals surface area contributed by atoms with Crippen molar-refractivity contribution in [2.24, 2.45) is 0 Å². The first-order valence-electron chi connectivity index (χ1n) is 5.94. The minimum atomic E-state index is -0.636. The largest absolute Gasteiger partial charge is 0.461 e. The van der Waals surface area contributed by atoms with Crippen LogP contribution in [0.25, 0.3) is 0 Å². The van der Waals surface area contributed by atoms with Crippen molar-refractivity contribution in [2.75, 3.05) is 26.4 Å². The van der Waals surface area contributed by atoms with E-state index < -0.39 is 17.8 Å². The lowest BCUT2D eigenvalue weighted by molar-refractivity contribution is -0.142. The SMILES string of the molecule is C=CC(=O)OCCNC(=O)OCC1COC(C)(C)O1. The summed E-state index contributed by atoms with van der Waals surface area (Å²) in [5.41, 5.74) is 0. The third-order valence-electron chi connectivity index (χ3n) is 2.25. The second-order valence-corrected chi connectivity index (χ2v) is 4.35. The van der Waals surface area contributed by atoms with Crippen LogP contribution in [0.1, 0.15) is 13.8 Å². The smallest absolute Gasteiger partial charge is 0.407 e. The maximum Gasteiger partial charge on any atom is 0.407 e. The summed E-state index contributed by atoms with van der Waals surface area (Å²) in [7, 11) is 0. The van der Waals surface area contributed by atoms with Gasteiger partial charge < -0.3 is 24.3 Å². The van der Waals surface area contributed by atoms with Gasteiger partial charge in [0.05, 0.1) is 13.2 Å². The standard InChI is InChI=1S/C12H19NO6/c1-4-10(14)16-6-5-13-11(15)17-7-9-8-18-12(2,3)19-9/h4,9H,1,5-8H2,2-3H3,(H,13,15). The zero-order chi connectivity index (χ0) is 14.3. The predicted molar refractivity (Wildman–Crippen MR) is 65.4 cm³/mol. The topological polar surface area (TPSA) is 83.1 Å². The summed E-state index contributed by atoms with van der Waals surface area (Å²) in [6, 6.07) is 0. The van der Waals surface area contributed by atoms with Crippen molar-refractivity contribution in [2.45, 2.75) is 25.7 Å². The van der Waals surface area contributed by atoms with Gasteiger partial charge in [-0.3, -0.25) is 0 Å². The number of hydrogen-bond acceptors (Lipinski definition) is 6. The molecule has 1 heterocycles. The summed E-state index contributed by atoms with van der Waals surface area (Å²) in [6.07, 6.45) is 0.194. The van der Waals surface area contributed by atoms with Crippen molar-refractivity contribution < 1.29 is 28.5 Å². The van der Waals surface area contributed by atoms with Gasteiger partial charge in [0, 0.05) is 6.08 Å². The zero-order valence-corrected chi connectivity index (χ0v) is 11.1. The first kappa shape index (κ1) is 15.5. The molecule has 0 saturated carbocycles. The Bertz CT molecular complexity index is 341. The van der Waals surface area contributed by atoms with E-state index in [4.69, 9.17) is 14.2 Å². The van der Waals surface area contributed by atoms with Crippen LogP contribution in [0, 0.1) is 0 Å². The normalized spacial score (nSPS) is 20.6. The lowest BCUT2D eigenvalue weighted by Crippen LogP contribution is -2.32. The van der Waals surface area contributed by atoms with Crippen LogP contribution in [0.2, 0.25) is 0 Å². The highest BCUT2D eigenvalue weighted by atomic mass is 16.7. The van der Waals surface area contributed by atoms with Crippen molar-refractivity contribution in [3.8, 4) is 0 Å². The molecule has 19 heavy (non-hydrogen) atoms. The predicted octanol–water partition coefficient (Wildman–Crippen LogP) is 0.593. The molecule has 0 spiro atoms. The Hall–Kier alpha value is -1.60. The summed E-state index contributed by atoms with van der Waals surface area (Å²) >= 11 is 0. The Labute approximate surface area is 111 Å². The van der Waals surface area contributed by atoms with Crippen LogP contribution in [0.4, 0.5) is 4.79 Å².